The van der Waals surface area contributed by atoms with Gasteiger partial charge in [0.15, 0.2) is 0 Å². The fourth-order valence-corrected chi connectivity index (χ4v) is 1.35. The van der Waals surface area contributed by atoms with Crippen molar-refractivity contribution in [3.8, 4) is 0 Å². The van der Waals surface area contributed by atoms with Crippen LogP contribution in [0.1, 0.15) is 13.3 Å². The molecule has 0 aliphatic heterocycles. The number of hydrogen-bond acceptors (Lipinski definition) is 3. The van der Waals surface area contributed by atoms with E-state index in [1.807, 2.05) is 6.07 Å². The van der Waals surface area contributed by atoms with Crippen LogP contribution in [0.5, 0.6) is 0 Å². The van der Waals surface area contributed by atoms with Crippen LogP contribution in [0.25, 0.3) is 0 Å². The Bertz CT molecular complexity index is 302. The molecule has 78 valence electrons. The average molecular weight is 215 g/mol. The molecule has 4 N–H and O–H groups in total. The molecule has 0 aliphatic rings. The van der Waals surface area contributed by atoms with Crippen LogP contribution in [0.4, 0.5) is 11.4 Å². The van der Waals surface area contributed by atoms with Crippen LogP contribution < -0.4 is 11.1 Å². The summed E-state index contributed by atoms with van der Waals surface area (Å²) in [6, 6.07) is 5.32. The Labute approximate surface area is 88.9 Å². The van der Waals surface area contributed by atoms with Crippen LogP contribution >= 0.6 is 11.6 Å². The third-order valence-corrected chi connectivity index (χ3v) is 2.18. The van der Waals surface area contributed by atoms with E-state index in [-0.39, 0.29) is 6.10 Å². The van der Waals surface area contributed by atoms with Gasteiger partial charge in [-0.1, -0.05) is 11.6 Å². The van der Waals surface area contributed by atoms with Gasteiger partial charge in [-0.15, -0.1) is 0 Å². The van der Waals surface area contributed by atoms with Crippen LogP contribution in [-0.4, -0.2) is 17.8 Å². The Morgan fingerprint density at radius 2 is 2.29 bits per heavy atom. The quantitative estimate of drug-likeness (QED) is 0.673. The number of nitrogens with two attached hydrogens (primary N) is 1. The first-order chi connectivity index (χ1) is 6.59. The molecule has 3 nitrogen and oxygen atoms in total. The summed E-state index contributed by atoms with van der Waals surface area (Å²) in [6.45, 7) is 2.45. The maximum absolute atomic E-state index is 9.05. The van der Waals surface area contributed by atoms with Gasteiger partial charge in [-0.25, -0.2) is 0 Å². The van der Waals surface area contributed by atoms with E-state index < -0.39 is 0 Å². The SMILES string of the molecule is CC(O)CCNc1ccc(N)cc1Cl. The molecule has 0 aliphatic carbocycles. The highest BCUT2D eigenvalue weighted by atomic mass is 35.5. The molecule has 1 aromatic rings. The number of nitrogen functional groups attached to an aromatic ring is 1. The molecule has 0 bridgehead atoms. The smallest absolute Gasteiger partial charge is 0.0657 e. The van der Waals surface area contributed by atoms with Crippen molar-refractivity contribution in [2.45, 2.75) is 19.4 Å². The van der Waals surface area contributed by atoms with E-state index in [4.69, 9.17) is 22.4 Å². The number of rotatable bonds is 4. The molecule has 0 saturated carbocycles. The van der Waals surface area contributed by atoms with E-state index >= 15 is 0 Å². The van der Waals surface area contributed by atoms with Crippen LogP contribution in [0.2, 0.25) is 5.02 Å². The van der Waals surface area contributed by atoms with Crippen molar-refractivity contribution in [3.05, 3.63) is 23.2 Å². The summed E-state index contributed by atoms with van der Waals surface area (Å²) in [4.78, 5) is 0. The molecule has 0 spiro atoms. The first kappa shape index (κ1) is 11.1. The average Bonchev–Trinajstić information content (AvgIpc) is 2.08. The van der Waals surface area contributed by atoms with Gasteiger partial charge in [0.2, 0.25) is 0 Å². The van der Waals surface area contributed by atoms with Crippen molar-refractivity contribution in [3.63, 3.8) is 0 Å². The van der Waals surface area contributed by atoms with E-state index in [1.165, 1.54) is 0 Å². The van der Waals surface area contributed by atoms with Crippen molar-refractivity contribution >= 4 is 23.0 Å². The zero-order valence-corrected chi connectivity index (χ0v) is 8.88. The lowest BCUT2D eigenvalue weighted by Gasteiger charge is -2.09. The Hall–Kier alpha value is -0.930. The van der Waals surface area contributed by atoms with Crippen molar-refractivity contribution in [2.75, 3.05) is 17.6 Å². The highest BCUT2D eigenvalue weighted by molar-refractivity contribution is 6.33. The summed E-state index contributed by atoms with van der Waals surface area (Å²) in [5.74, 6) is 0. The molecular formula is C10H15ClN2O. The molecule has 14 heavy (non-hydrogen) atoms. The second kappa shape index (κ2) is 5.08. The molecule has 0 radical (unpaired) electrons. The van der Waals surface area contributed by atoms with Crippen LogP contribution in [0.3, 0.4) is 0 Å². The minimum atomic E-state index is -0.296. The minimum Gasteiger partial charge on any atom is -0.399 e. The predicted molar refractivity (Wildman–Crippen MR) is 60.7 cm³/mol. The van der Waals surface area contributed by atoms with E-state index in [2.05, 4.69) is 5.32 Å². The van der Waals surface area contributed by atoms with Crippen molar-refractivity contribution in [1.82, 2.24) is 0 Å². The lowest BCUT2D eigenvalue weighted by molar-refractivity contribution is 0.189. The van der Waals surface area contributed by atoms with Crippen LogP contribution in [-0.2, 0) is 0 Å². The van der Waals surface area contributed by atoms with Gasteiger partial charge in [0.1, 0.15) is 0 Å². The van der Waals surface area contributed by atoms with Gasteiger partial charge in [0, 0.05) is 12.2 Å². The molecule has 0 saturated heterocycles. The highest BCUT2D eigenvalue weighted by Gasteiger charge is 2.00. The first-order valence-corrected chi connectivity index (χ1v) is 4.94. The summed E-state index contributed by atoms with van der Waals surface area (Å²) < 4.78 is 0. The van der Waals surface area contributed by atoms with Gasteiger partial charge in [0.25, 0.3) is 0 Å². The summed E-state index contributed by atoms with van der Waals surface area (Å²) in [5, 5.41) is 12.8. The molecule has 0 heterocycles. The third-order valence-electron chi connectivity index (χ3n) is 1.87. The van der Waals surface area contributed by atoms with Gasteiger partial charge in [-0.3, -0.25) is 0 Å². The van der Waals surface area contributed by atoms with Crippen LogP contribution in [0.15, 0.2) is 18.2 Å². The van der Waals surface area contributed by atoms with Gasteiger partial charge in [-0.2, -0.15) is 0 Å². The zero-order chi connectivity index (χ0) is 10.6. The number of halogens is 1. The Kier molecular flexibility index (Phi) is 4.04. The predicted octanol–water partition coefficient (Wildman–Crippen LogP) is 2.10. The van der Waals surface area contributed by atoms with E-state index in [0.717, 1.165) is 5.69 Å². The molecule has 0 fully saturated rings. The Morgan fingerprint density at radius 1 is 1.57 bits per heavy atom. The number of hydrogen-bond donors (Lipinski definition) is 3. The number of anilines is 2. The fourth-order valence-electron chi connectivity index (χ4n) is 1.09. The molecule has 4 heteroatoms. The van der Waals surface area contributed by atoms with Gasteiger partial charge >= 0.3 is 0 Å². The summed E-state index contributed by atoms with van der Waals surface area (Å²) in [7, 11) is 0. The minimum absolute atomic E-state index is 0.296. The first-order valence-electron chi connectivity index (χ1n) is 4.56. The molecule has 1 rings (SSSR count). The maximum Gasteiger partial charge on any atom is 0.0657 e. The largest absolute Gasteiger partial charge is 0.399 e. The molecule has 0 amide bonds. The van der Waals surface area contributed by atoms with Gasteiger partial charge in [0.05, 0.1) is 16.8 Å². The standard InChI is InChI=1S/C10H15ClN2O/c1-7(14)4-5-13-10-3-2-8(12)6-9(10)11/h2-3,6-7,13-14H,4-5,12H2,1H3. The normalized spacial score (nSPS) is 12.5. The fraction of sp³-hybridized carbons (Fsp3) is 0.400. The second-order valence-electron chi connectivity index (χ2n) is 3.30. The number of aliphatic hydroxyl groups excluding tert-OH is 1. The molecule has 0 aromatic heterocycles. The number of benzene rings is 1. The van der Waals surface area contributed by atoms with E-state index in [0.29, 0.717) is 23.7 Å². The summed E-state index contributed by atoms with van der Waals surface area (Å²) in [5.41, 5.74) is 7.05. The van der Waals surface area contributed by atoms with Crippen molar-refractivity contribution < 1.29 is 5.11 Å². The Morgan fingerprint density at radius 3 is 2.86 bits per heavy atom. The lowest BCUT2D eigenvalue weighted by atomic mass is 10.2. The zero-order valence-electron chi connectivity index (χ0n) is 8.13. The molecule has 1 unspecified atom stereocenters. The van der Waals surface area contributed by atoms with E-state index in [1.54, 1.807) is 19.1 Å². The van der Waals surface area contributed by atoms with Crippen molar-refractivity contribution in [2.24, 2.45) is 0 Å². The Balaban J connectivity index is 2.51. The summed E-state index contributed by atoms with van der Waals surface area (Å²) in [6.07, 6.45) is 0.399. The monoisotopic (exact) mass is 214 g/mol. The molecule has 1 aromatic carbocycles. The number of nitrogens with one attached hydrogen (secondary N) is 1. The molecule has 1 atom stereocenters. The van der Waals surface area contributed by atoms with Gasteiger partial charge in [-0.05, 0) is 31.5 Å². The van der Waals surface area contributed by atoms with Gasteiger partial charge < -0.3 is 16.2 Å². The molecular weight excluding hydrogens is 200 g/mol. The maximum atomic E-state index is 9.05. The van der Waals surface area contributed by atoms with E-state index in [9.17, 15) is 0 Å². The van der Waals surface area contributed by atoms with Crippen LogP contribution in [0, 0.1) is 0 Å². The third kappa shape index (κ3) is 3.44. The topological polar surface area (TPSA) is 58.3 Å². The summed E-state index contributed by atoms with van der Waals surface area (Å²) >= 11 is 5.94. The lowest BCUT2D eigenvalue weighted by Crippen LogP contribution is -2.09. The second-order valence-corrected chi connectivity index (χ2v) is 3.71. The number of aliphatic hydroxyl groups is 1. The van der Waals surface area contributed by atoms with Crippen molar-refractivity contribution in [1.29, 1.82) is 0 Å². The highest BCUT2D eigenvalue weighted by Crippen LogP contribution is 2.23.